The van der Waals surface area contributed by atoms with Crippen molar-refractivity contribution in [2.45, 2.75) is 25.4 Å². The predicted octanol–water partition coefficient (Wildman–Crippen LogP) is -1.05. The highest BCUT2D eigenvalue weighted by Crippen LogP contribution is 2.08. The van der Waals surface area contributed by atoms with Crippen LogP contribution in [-0.4, -0.2) is 65.0 Å². The lowest BCUT2D eigenvalue weighted by molar-refractivity contribution is -0.144. The quantitative estimate of drug-likeness (QED) is 0.625. The number of rotatable bonds is 4. The number of aliphatic carboxylic acids is 1. The van der Waals surface area contributed by atoms with Crippen LogP contribution in [0.5, 0.6) is 0 Å². The van der Waals surface area contributed by atoms with Crippen molar-refractivity contribution in [2.75, 3.05) is 26.2 Å². The molecule has 2 atom stereocenters. The summed E-state index contributed by atoms with van der Waals surface area (Å²) in [5.74, 6) is 1.36. The summed E-state index contributed by atoms with van der Waals surface area (Å²) >= 11 is 0. The molecule has 0 aromatic carbocycles. The highest BCUT2D eigenvalue weighted by molar-refractivity contribution is 5.82. The zero-order valence-electron chi connectivity index (χ0n) is 10.5. The molecule has 0 spiro atoms. The summed E-state index contributed by atoms with van der Waals surface area (Å²) in [6, 6.07) is -1.18. The highest BCUT2D eigenvalue weighted by Gasteiger charge is 2.28. The molecule has 6 nitrogen and oxygen atoms in total. The first-order chi connectivity index (χ1) is 8.47. The predicted molar refractivity (Wildman–Crippen MR) is 66.7 cm³/mol. The van der Waals surface area contributed by atoms with Crippen molar-refractivity contribution in [3.05, 3.63) is 0 Å². The lowest BCUT2D eigenvalue weighted by Gasteiger charge is -2.37. The van der Waals surface area contributed by atoms with Gasteiger partial charge >= 0.3 is 5.97 Å². The summed E-state index contributed by atoms with van der Waals surface area (Å²) in [7, 11) is 0. The minimum atomic E-state index is -0.848. The van der Waals surface area contributed by atoms with Gasteiger partial charge in [-0.1, -0.05) is 0 Å². The van der Waals surface area contributed by atoms with Crippen LogP contribution < -0.4 is 5.73 Å². The van der Waals surface area contributed by atoms with E-state index in [1.165, 1.54) is 0 Å². The molecule has 1 aliphatic rings. The average Bonchev–Trinajstić information content (AvgIpc) is 2.37. The molecule has 1 amide bonds. The maximum Gasteiger partial charge on any atom is 0.320 e. The van der Waals surface area contributed by atoms with Crippen LogP contribution in [-0.2, 0) is 9.59 Å². The van der Waals surface area contributed by atoms with E-state index in [1.807, 2.05) is 4.90 Å². The number of piperazine rings is 1. The molecule has 1 rings (SSSR count). The number of nitrogens with zero attached hydrogens (tertiary/aromatic N) is 2. The maximum atomic E-state index is 11.9. The van der Waals surface area contributed by atoms with Crippen LogP contribution in [0.3, 0.4) is 0 Å². The molecule has 0 aromatic rings. The second kappa shape index (κ2) is 6.38. The molecule has 0 bridgehead atoms. The number of hydrogen-bond acceptors (Lipinski definition) is 4. The summed E-state index contributed by atoms with van der Waals surface area (Å²) < 4.78 is 0. The second-order valence-electron chi connectivity index (χ2n) is 4.39. The van der Waals surface area contributed by atoms with Gasteiger partial charge in [0.05, 0.1) is 6.04 Å². The molecule has 6 heteroatoms. The van der Waals surface area contributed by atoms with Crippen LogP contribution in [0.2, 0.25) is 0 Å². The van der Waals surface area contributed by atoms with E-state index in [0.29, 0.717) is 26.2 Å². The van der Waals surface area contributed by atoms with Crippen LogP contribution >= 0.6 is 0 Å². The van der Waals surface area contributed by atoms with Crippen molar-refractivity contribution in [3.8, 4) is 12.3 Å². The van der Waals surface area contributed by atoms with Crippen LogP contribution in [0.15, 0.2) is 0 Å². The molecular weight excluding hydrogens is 234 g/mol. The van der Waals surface area contributed by atoms with Crippen LogP contribution in [0, 0.1) is 12.3 Å². The molecule has 0 radical (unpaired) electrons. The molecular formula is C12H19N3O3. The van der Waals surface area contributed by atoms with Gasteiger partial charge in [0.2, 0.25) is 5.91 Å². The first-order valence-corrected chi connectivity index (χ1v) is 5.92. The summed E-state index contributed by atoms with van der Waals surface area (Å²) in [4.78, 5) is 26.2. The van der Waals surface area contributed by atoms with E-state index in [4.69, 9.17) is 17.3 Å². The first-order valence-electron chi connectivity index (χ1n) is 5.92. The Morgan fingerprint density at radius 1 is 1.39 bits per heavy atom. The number of terminal acetylenes is 1. The SMILES string of the molecule is C#CCC(N)C(=O)N1CCN(C(C)C(=O)O)CC1. The van der Waals surface area contributed by atoms with E-state index < -0.39 is 18.1 Å². The molecule has 1 aliphatic heterocycles. The van der Waals surface area contributed by atoms with Crippen molar-refractivity contribution in [2.24, 2.45) is 5.73 Å². The molecule has 0 aliphatic carbocycles. The molecule has 1 heterocycles. The minimum Gasteiger partial charge on any atom is -0.480 e. The normalized spacial score (nSPS) is 19.9. The van der Waals surface area contributed by atoms with Crippen molar-refractivity contribution in [1.29, 1.82) is 0 Å². The number of amides is 1. The standard InChI is InChI=1S/C12H19N3O3/c1-3-4-10(13)11(16)15-7-5-14(6-8-15)9(2)12(17)18/h1,9-10H,4-8,13H2,2H3,(H,17,18). The van der Waals surface area contributed by atoms with Crippen molar-refractivity contribution in [1.82, 2.24) is 9.80 Å². The smallest absolute Gasteiger partial charge is 0.320 e. The van der Waals surface area contributed by atoms with E-state index in [0.717, 1.165) is 0 Å². The third-order valence-electron chi connectivity index (χ3n) is 3.19. The van der Waals surface area contributed by atoms with Gasteiger partial charge in [0.1, 0.15) is 6.04 Å². The van der Waals surface area contributed by atoms with Gasteiger partial charge in [-0.2, -0.15) is 0 Å². The monoisotopic (exact) mass is 253 g/mol. The van der Waals surface area contributed by atoms with E-state index >= 15 is 0 Å². The van der Waals surface area contributed by atoms with E-state index in [-0.39, 0.29) is 12.3 Å². The van der Waals surface area contributed by atoms with Gasteiger partial charge in [-0.05, 0) is 6.92 Å². The Labute approximate surface area is 107 Å². The van der Waals surface area contributed by atoms with Crippen LogP contribution in [0.4, 0.5) is 0 Å². The number of carboxylic acid groups (broad SMARTS) is 1. The number of carboxylic acids is 1. The number of carbonyl (C=O) groups excluding carboxylic acids is 1. The zero-order valence-corrected chi connectivity index (χ0v) is 10.5. The molecule has 100 valence electrons. The Morgan fingerprint density at radius 2 is 1.94 bits per heavy atom. The van der Waals surface area contributed by atoms with Gasteiger partial charge in [-0.25, -0.2) is 0 Å². The van der Waals surface area contributed by atoms with Crippen LogP contribution in [0.25, 0.3) is 0 Å². The Hall–Kier alpha value is -1.58. The third kappa shape index (κ3) is 3.45. The van der Waals surface area contributed by atoms with Gasteiger partial charge in [0.25, 0.3) is 0 Å². The van der Waals surface area contributed by atoms with Crippen molar-refractivity contribution in [3.63, 3.8) is 0 Å². The second-order valence-corrected chi connectivity index (χ2v) is 4.39. The Kier molecular flexibility index (Phi) is 5.13. The Balaban J connectivity index is 2.47. The lowest BCUT2D eigenvalue weighted by atomic mass is 10.1. The minimum absolute atomic E-state index is 0.157. The topological polar surface area (TPSA) is 86.9 Å². The molecule has 1 saturated heterocycles. The highest BCUT2D eigenvalue weighted by atomic mass is 16.4. The first kappa shape index (κ1) is 14.5. The largest absolute Gasteiger partial charge is 0.480 e. The summed E-state index contributed by atoms with van der Waals surface area (Å²) in [5, 5.41) is 8.90. The fourth-order valence-electron chi connectivity index (χ4n) is 1.93. The van der Waals surface area contributed by atoms with E-state index in [2.05, 4.69) is 5.92 Å². The molecule has 0 saturated carbocycles. The lowest BCUT2D eigenvalue weighted by Crippen LogP contribution is -2.55. The molecule has 0 aromatic heterocycles. The zero-order chi connectivity index (χ0) is 13.7. The van der Waals surface area contributed by atoms with Gasteiger partial charge in [0, 0.05) is 32.6 Å². The fourth-order valence-corrected chi connectivity index (χ4v) is 1.93. The molecule has 18 heavy (non-hydrogen) atoms. The molecule has 2 unspecified atom stereocenters. The van der Waals surface area contributed by atoms with Gasteiger partial charge in [-0.3, -0.25) is 14.5 Å². The van der Waals surface area contributed by atoms with Crippen LogP contribution in [0.1, 0.15) is 13.3 Å². The average molecular weight is 253 g/mol. The van der Waals surface area contributed by atoms with Crippen molar-refractivity contribution < 1.29 is 14.7 Å². The maximum absolute atomic E-state index is 11.9. The Bertz CT molecular complexity index is 356. The molecule has 3 N–H and O–H groups in total. The summed E-state index contributed by atoms with van der Waals surface area (Å²) in [6.07, 6.45) is 5.34. The number of nitrogens with two attached hydrogens (primary N) is 1. The fraction of sp³-hybridized carbons (Fsp3) is 0.667. The Morgan fingerprint density at radius 3 is 2.39 bits per heavy atom. The molecule has 1 fully saturated rings. The summed E-state index contributed by atoms with van der Waals surface area (Å²) in [5.41, 5.74) is 5.66. The van der Waals surface area contributed by atoms with Gasteiger partial charge in [0.15, 0.2) is 0 Å². The van der Waals surface area contributed by atoms with Gasteiger partial charge < -0.3 is 15.7 Å². The van der Waals surface area contributed by atoms with E-state index in [1.54, 1.807) is 11.8 Å². The number of hydrogen-bond donors (Lipinski definition) is 2. The van der Waals surface area contributed by atoms with E-state index in [9.17, 15) is 9.59 Å². The summed E-state index contributed by atoms with van der Waals surface area (Å²) in [6.45, 7) is 3.72. The van der Waals surface area contributed by atoms with Crippen molar-refractivity contribution >= 4 is 11.9 Å². The number of carbonyl (C=O) groups is 2. The third-order valence-corrected chi connectivity index (χ3v) is 3.19. The van der Waals surface area contributed by atoms with Gasteiger partial charge in [-0.15, -0.1) is 12.3 Å².